The average molecular weight is 747 g/mol. The molecule has 0 heterocycles. The molecule has 0 saturated heterocycles. The molecule has 0 atom stereocenters. The number of hydrogen-bond acceptors (Lipinski definition) is 0. The maximum absolute atomic E-state index is 12.5. The van der Waals surface area contributed by atoms with Crippen LogP contribution in [0.3, 0.4) is 0 Å². The molecule has 0 aromatic heterocycles. The first-order valence-corrected chi connectivity index (χ1v) is 14.7. The summed E-state index contributed by atoms with van der Waals surface area (Å²) in [6.45, 7) is 7.63. The zero-order valence-corrected chi connectivity index (χ0v) is 28.2. The van der Waals surface area contributed by atoms with Crippen molar-refractivity contribution in [3.05, 3.63) is 173 Å². The van der Waals surface area contributed by atoms with Crippen molar-refractivity contribution >= 4 is 15.4 Å². The van der Waals surface area contributed by atoms with Gasteiger partial charge < -0.3 is 24.8 Å². The second-order valence-corrected chi connectivity index (χ2v) is 11.0. The number of hydrogen-bond donors (Lipinski definition) is 0. The fourth-order valence-corrected chi connectivity index (χ4v) is 5.32. The van der Waals surface area contributed by atoms with Crippen molar-refractivity contribution in [1.82, 2.24) is 0 Å². The summed E-state index contributed by atoms with van der Waals surface area (Å²) in [5.41, 5.74) is 7.17. The second kappa shape index (κ2) is 17.0. The van der Waals surface area contributed by atoms with Crippen molar-refractivity contribution in [2.75, 3.05) is 0 Å². The van der Waals surface area contributed by atoms with Gasteiger partial charge in [0.2, 0.25) is 0 Å². The zero-order valence-electron chi connectivity index (χ0n) is 24.2. The molecule has 9 heteroatoms. The fourth-order valence-electron chi connectivity index (χ4n) is 4.50. The quantitative estimate of drug-likeness (QED) is 0.183. The molecule has 0 aliphatic heterocycles. The molecule has 46 heavy (non-hydrogen) atoms. The molecule has 5 aromatic carbocycles. The van der Waals surface area contributed by atoms with Gasteiger partial charge in [-0.3, -0.25) is 0 Å². The molecule has 0 amide bonds. The van der Waals surface area contributed by atoms with Crippen LogP contribution in [-0.4, -0.2) is 3.21 Å². The van der Waals surface area contributed by atoms with E-state index in [-0.39, 0.29) is 24.8 Å². The van der Waals surface area contributed by atoms with Crippen molar-refractivity contribution in [3.63, 3.8) is 0 Å². The number of alkyl halides is 6. The maximum Gasteiger partial charge on any atom is -0.172 e. The van der Waals surface area contributed by atoms with Crippen LogP contribution in [0, 0.1) is 6.07 Å². The van der Waals surface area contributed by atoms with E-state index in [0.717, 1.165) is 60.5 Å². The second-order valence-electron chi connectivity index (χ2n) is 9.81. The molecule has 0 unspecified atom stereocenters. The summed E-state index contributed by atoms with van der Waals surface area (Å²) in [4.78, 5) is 0. The van der Waals surface area contributed by atoms with E-state index in [1.54, 1.807) is 0 Å². The molecule has 0 spiro atoms. The van der Waals surface area contributed by atoms with E-state index in [9.17, 15) is 26.3 Å². The summed E-state index contributed by atoms with van der Waals surface area (Å²) >= 11 is 0.898. The Bertz CT molecular complexity index is 1600. The van der Waals surface area contributed by atoms with E-state index >= 15 is 0 Å². The standard InChI is InChI=1S/C17H13.C15H8F6.C5H5.2ClH.Zr/c1-3-12-5-7-14-11-15-8-6-13(4-2)10-17(15)16(14)9-12;16-14(17,18)12-5-1-10(2-6-12)9-11-3-7-13(8-4-11)15(19,20)21;1-2-4-5-3-1;;;/h3-7,9-10H,1-2,11H2;1-8H;1-5H;2*1H;/q-1;;-1;;;+2/p-2. The summed E-state index contributed by atoms with van der Waals surface area (Å²) in [7, 11) is 0. The predicted octanol–water partition coefficient (Wildman–Crippen LogP) is 4.60. The van der Waals surface area contributed by atoms with Crippen molar-refractivity contribution in [2.24, 2.45) is 0 Å². The van der Waals surface area contributed by atoms with Gasteiger partial charge in [0, 0.05) is 0 Å². The van der Waals surface area contributed by atoms with Crippen molar-refractivity contribution in [2.45, 2.75) is 18.8 Å². The number of halogens is 8. The SMILES string of the molecule is C=Cc1c[c-]c2c(c1)-c1cc(C=C)ccc1C2.FC(F)(F)c1ccc([C](=[Zr+2])c2ccc(C(F)(F)F)cc2)cc1.[Cl-].[Cl-].c1cc[cH-]c1. The minimum atomic E-state index is -4.41. The van der Waals surface area contributed by atoms with Gasteiger partial charge in [-0.1, -0.05) is 42.0 Å². The van der Waals surface area contributed by atoms with Crippen LogP contribution in [0.25, 0.3) is 23.3 Å². The Hall–Kier alpha value is -3.38. The van der Waals surface area contributed by atoms with E-state index in [2.05, 4.69) is 43.5 Å². The molecular formula is C37H26Cl2F6Zr-2. The summed E-state index contributed by atoms with van der Waals surface area (Å²) in [5.74, 6) is 0. The Morgan fingerprint density at radius 3 is 1.59 bits per heavy atom. The summed E-state index contributed by atoms with van der Waals surface area (Å²) < 4.78 is 75.6. The predicted molar refractivity (Wildman–Crippen MR) is 162 cm³/mol. The van der Waals surface area contributed by atoms with Crippen LogP contribution in [0.2, 0.25) is 0 Å². The number of fused-ring (bicyclic) bond motifs is 3. The van der Waals surface area contributed by atoms with E-state index in [1.807, 2.05) is 48.6 Å². The first-order valence-electron chi connectivity index (χ1n) is 13.4. The van der Waals surface area contributed by atoms with Gasteiger partial charge in [-0.05, 0) is 12.0 Å². The molecule has 0 saturated carbocycles. The van der Waals surface area contributed by atoms with Crippen molar-refractivity contribution in [3.8, 4) is 11.1 Å². The van der Waals surface area contributed by atoms with Crippen LogP contribution < -0.4 is 24.8 Å². The third-order valence-corrected chi connectivity index (χ3v) is 8.29. The first-order chi connectivity index (χ1) is 20.9. The average Bonchev–Trinajstić information content (AvgIpc) is 3.72. The molecular weight excluding hydrogens is 721 g/mol. The third kappa shape index (κ3) is 10.1. The molecule has 0 fully saturated rings. The van der Waals surface area contributed by atoms with Gasteiger partial charge in [0.05, 0.1) is 0 Å². The molecule has 6 rings (SSSR count). The van der Waals surface area contributed by atoms with Crippen LogP contribution in [0.4, 0.5) is 26.3 Å². The summed E-state index contributed by atoms with van der Waals surface area (Å²) in [6, 6.07) is 33.2. The first kappa shape index (κ1) is 38.8. The summed E-state index contributed by atoms with van der Waals surface area (Å²) in [6.07, 6.45) is -4.08. The molecule has 0 N–H and O–H groups in total. The minimum absolute atomic E-state index is 0. The van der Waals surface area contributed by atoms with E-state index < -0.39 is 23.5 Å². The van der Waals surface area contributed by atoms with Crippen LogP contribution >= 0.6 is 0 Å². The smallest absolute Gasteiger partial charge is 0.172 e. The maximum atomic E-state index is 12.5. The van der Waals surface area contributed by atoms with Crippen LogP contribution in [0.15, 0.2) is 122 Å². The Morgan fingerprint density at radius 2 is 1.17 bits per heavy atom. The number of benzene rings is 4. The van der Waals surface area contributed by atoms with Crippen molar-refractivity contribution < 1.29 is 75.4 Å². The molecule has 1 aliphatic rings. The Kier molecular flexibility index (Phi) is 14.3. The Balaban J connectivity index is 0.000000272. The fraction of sp³-hybridized carbons (Fsp3) is 0.0811. The Morgan fingerprint density at radius 1 is 0.696 bits per heavy atom. The molecule has 236 valence electrons. The van der Waals surface area contributed by atoms with Gasteiger partial charge in [-0.25, -0.2) is 12.1 Å². The molecule has 0 bridgehead atoms. The van der Waals surface area contributed by atoms with Gasteiger partial charge in [0.1, 0.15) is 0 Å². The molecule has 0 radical (unpaired) electrons. The molecule has 5 aromatic rings. The van der Waals surface area contributed by atoms with E-state index in [4.69, 9.17) is 0 Å². The number of rotatable bonds is 4. The molecule has 0 nitrogen and oxygen atoms in total. The Labute approximate surface area is 292 Å². The monoisotopic (exact) mass is 744 g/mol. The minimum Gasteiger partial charge on any atom is -1.00 e. The van der Waals surface area contributed by atoms with Gasteiger partial charge in [0.15, 0.2) is 0 Å². The van der Waals surface area contributed by atoms with Crippen LogP contribution in [0.1, 0.15) is 44.5 Å². The van der Waals surface area contributed by atoms with Gasteiger partial charge in [-0.15, -0.1) is 23.8 Å². The topological polar surface area (TPSA) is 0 Å². The zero-order chi connectivity index (χ0) is 31.9. The molecule has 1 aliphatic carbocycles. The van der Waals surface area contributed by atoms with Crippen LogP contribution in [0.5, 0.6) is 0 Å². The van der Waals surface area contributed by atoms with Gasteiger partial charge >= 0.3 is 137 Å². The van der Waals surface area contributed by atoms with Crippen LogP contribution in [-0.2, 0) is 43.0 Å². The van der Waals surface area contributed by atoms with Gasteiger partial charge in [-0.2, -0.15) is 42.0 Å². The van der Waals surface area contributed by atoms with E-state index in [0.29, 0.717) is 14.3 Å². The van der Waals surface area contributed by atoms with Crippen molar-refractivity contribution in [1.29, 1.82) is 0 Å². The normalized spacial score (nSPS) is 11.1. The summed E-state index contributed by atoms with van der Waals surface area (Å²) in [5, 5.41) is 0. The van der Waals surface area contributed by atoms with Gasteiger partial charge in [0.25, 0.3) is 0 Å². The third-order valence-electron chi connectivity index (χ3n) is 6.87. The largest absolute Gasteiger partial charge is 1.00 e. The van der Waals surface area contributed by atoms with E-state index in [1.165, 1.54) is 52.1 Å².